The van der Waals surface area contributed by atoms with E-state index < -0.39 is 5.41 Å². The molecule has 0 aliphatic heterocycles. The molecule has 0 fully saturated rings. The Bertz CT molecular complexity index is 744. The number of rotatable bonds is 6. The summed E-state index contributed by atoms with van der Waals surface area (Å²) in [6.07, 6.45) is 1.50. The lowest BCUT2D eigenvalue weighted by atomic mass is 9.95. The van der Waals surface area contributed by atoms with Crippen LogP contribution in [0.1, 0.15) is 53.8 Å². The topological polar surface area (TPSA) is 89.9 Å². The van der Waals surface area contributed by atoms with E-state index in [2.05, 4.69) is 25.7 Å². The van der Waals surface area contributed by atoms with Crippen molar-refractivity contribution in [3.05, 3.63) is 30.1 Å². The standard InChI is InChI=1S/C20H29N5O2/c1-19(2,3)18(26)21-15-11-9-14(10-12-15)17-24-22-16(23-25-17)8-7-13-27-20(4,5)6/h9-12H,7-8,13H2,1-6H3,(H,21,26). The van der Waals surface area contributed by atoms with E-state index in [-0.39, 0.29) is 11.5 Å². The molecular formula is C20H29N5O2. The SMILES string of the molecule is CC(C)(C)OCCCc1nnc(-c2ccc(NC(=O)C(C)(C)C)cc2)nn1. The van der Waals surface area contributed by atoms with Gasteiger partial charge in [-0.05, 0) is 51.5 Å². The fourth-order valence-electron chi connectivity index (χ4n) is 2.10. The Kier molecular flexibility index (Phi) is 6.59. The largest absolute Gasteiger partial charge is 0.376 e. The van der Waals surface area contributed by atoms with Crippen molar-refractivity contribution in [3.8, 4) is 11.4 Å². The second-order valence-corrected chi connectivity index (χ2v) is 8.49. The van der Waals surface area contributed by atoms with Gasteiger partial charge in [0.15, 0.2) is 5.82 Å². The van der Waals surface area contributed by atoms with E-state index in [0.29, 0.717) is 24.7 Å². The summed E-state index contributed by atoms with van der Waals surface area (Å²) in [6.45, 7) is 12.4. The van der Waals surface area contributed by atoms with Crippen LogP contribution < -0.4 is 5.32 Å². The zero-order chi connectivity index (χ0) is 20.1. The van der Waals surface area contributed by atoms with Crippen LogP contribution >= 0.6 is 0 Å². The number of amides is 1. The van der Waals surface area contributed by atoms with E-state index in [1.807, 2.05) is 65.8 Å². The molecule has 1 aromatic heterocycles. The summed E-state index contributed by atoms with van der Waals surface area (Å²) < 4.78 is 5.68. The zero-order valence-corrected chi connectivity index (χ0v) is 17.0. The molecule has 0 aliphatic rings. The summed E-state index contributed by atoms with van der Waals surface area (Å²) >= 11 is 0. The minimum Gasteiger partial charge on any atom is -0.376 e. The van der Waals surface area contributed by atoms with E-state index in [4.69, 9.17) is 4.74 Å². The number of nitrogens with zero attached hydrogens (tertiary/aromatic N) is 4. The fraction of sp³-hybridized carbons (Fsp3) is 0.550. The van der Waals surface area contributed by atoms with Crippen LogP contribution in [0.25, 0.3) is 11.4 Å². The molecular weight excluding hydrogens is 342 g/mol. The average molecular weight is 371 g/mol. The summed E-state index contributed by atoms with van der Waals surface area (Å²) in [6, 6.07) is 7.32. The summed E-state index contributed by atoms with van der Waals surface area (Å²) in [4.78, 5) is 12.0. The monoisotopic (exact) mass is 371 g/mol. The number of hydrogen-bond acceptors (Lipinski definition) is 6. The van der Waals surface area contributed by atoms with Crippen LogP contribution in [0.5, 0.6) is 0 Å². The van der Waals surface area contributed by atoms with Crippen LogP contribution in [0.15, 0.2) is 24.3 Å². The summed E-state index contributed by atoms with van der Waals surface area (Å²) in [5.74, 6) is 1.03. The fourth-order valence-corrected chi connectivity index (χ4v) is 2.10. The molecule has 2 aromatic rings. The first kappa shape index (κ1) is 20.9. The number of nitrogens with one attached hydrogen (secondary N) is 1. The quantitative estimate of drug-likeness (QED) is 0.779. The van der Waals surface area contributed by atoms with Crippen molar-refractivity contribution in [1.82, 2.24) is 20.4 Å². The first-order chi connectivity index (χ1) is 12.5. The van der Waals surface area contributed by atoms with Crippen LogP contribution in [-0.4, -0.2) is 38.5 Å². The summed E-state index contributed by atoms with van der Waals surface area (Å²) in [7, 11) is 0. The molecule has 0 spiro atoms. The van der Waals surface area contributed by atoms with Gasteiger partial charge in [0.05, 0.1) is 5.60 Å². The third-order valence-electron chi connectivity index (χ3n) is 3.68. The Hall–Kier alpha value is -2.41. The highest BCUT2D eigenvalue weighted by molar-refractivity contribution is 5.94. The van der Waals surface area contributed by atoms with Crippen molar-refractivity contribution in [1.29, 1.82) is 0 Å². The van der Waals surface area contributed by atoms with Crippen molar-refractivity contribution in [2.75, 3.05) is 11.9 Å². The van der Waals surface area contributed by atoms with Gasteiger partial charge in [-0.15, -0.1) is 20.4 Å². The molecule has 0 saturated carbocycles. The highest BCUT2D eigenvalue weighted by Crippen LogP contribution is 2.20. The van der Waals surface area contributed by atoms with Gasteiger partial charge >= 0.3 is 0 Å². The molecule has 7 nitrogen and oxygen atoms in total. The lowest BCUT2D eigenvalue weighted by Crippen LogP contribution is -2.27. The number of anilines is 1. The molecule has 0 atom stereocenters. The Morgan fingerprint density at radius 3 is 2.07 bits per heavy atom. The van der Waals surface area contributed by atoms with Crippen molar-refractivity contribution < 1.29 is 9.53 Å². The second kappa shape index (κ2) is 8.52. The predicted octanol–water partition coefficient (Wildman–Crippen LogP) is 3.67. The Morgan fingerprint density at radius 2 is 1.56 bits per heavy atom. The molecule has 0 unspecified atom stereocenters. The Balaban J connectivity index is 1.92. The maximum Gasteiger partial charge on any atom is 0.229 e. The van der Waals surface area contributed by atoms with Crippen molar-refractivity contribution in [2.24, 2.45) is 5.41 Å². The van der Waals surface area contributed by atoms with E-state index in [9.17, 15) is 4.79 Å². The van der Waals surface area contributed by atoms with Gasteiger partial charge < -0.3 is 10.1 Å². The third kappa shape index (κ3) is 7.02. The molecule has 0 saturated heterocycles. The second-order valence-electron chi connectivity index (χ2n) is 8.49. The molecule has 1 aromatic carbocycles. The molecule has 7 heteroatoms. The van der Waals surface area contributed by atoms with Gasteiger partial charge in [-0.25, -0.2) is 0 Å². The van der Waals surface area contributed by atoms with Gasteiger partial charge in [0.2, 0.25) is 11.7 Å². The predicted molar refractivity (Wildman–Crippen MR) is 105 cm³/mol. The highest BCUT2D eigenvalue weighted by atomic mass is 16.5. The number of carbonyl (C=O) groups is 1. The minimum atomic E-state index is -0.441. The molecule has 1 N–H and O–H groups in total. The minimum absolute atomic E-state index is 0.0328. The van der Waals surface area contributed by atoms with Gasteiger partial charge in [0.1, 0.15) is 0 Å². The van der Waals surface area contributed by atoms with E-state index >= 15 is 0 Å². The van der Waals surface area contributed by atoms with Gasteiger partial charge in [-0.3, -0.25) is 4.79 Å². The van der Waals surface area contributed by atoms with Gasteiger partial charge in [0.25, 0.3) is 0 Å². The average Bonchev–Trinajstić information content (AvgIpc) is 2.58. The van der Waals surface area contributed by atoms with Crippen LogP contribution in [0, 0.1) is 5.41 Å². The summed E-state index contributed by atoms with van der Waals surface area (Å²) in [5.41, 5.74) is 0.949. The summed E-state index contributed by atoms with van der Waals surface area (Å²) in [5, 5.41) is 19.5. The van der Waals surface area contributed by atoms with E-state index in [1.54, 1.807) is 0 Å². The number of ether oxygens (including phenoxy) is 1. The highest BCUT2D eigenvalue weighted by Gasteiger charge is 2.21. The lowest BCUT2D eigenvalue weighted by Gasteiger charge is -2.19. The molecule has 0 aliphatic carbocycles. The van der Waals surface area contributed by atoms with Crippen LogP contribution in [0.4, 0.5) is 5.69 Å². The maximum absolute atomic E-state index is 12.0. The first-order valence-corrected chi connectivity index (χ1v) is 9.17. The third-order valence-corrected chi connectivity index (χ3v) is 3.68. The van der Waals surface area contributed by atoms with E-state index in [0.717, 1.165) is 17.7 Å². The maximum atomic E-state index is 12.0. The molecule has 1 amide bonds. The molecule has 146 valence electrons. The number of aryl methyl sites for hydroxylation is 1. The van der Waals surface area contributed by atoms with Crippen molar-refractivity contribution in [2.45, 2.75) is 60.0 Å². The van der Waals surface area contributed by atoms with Crippen LogP contribution in [0.2, 0.25) is 0 Å². The number of benzene rings is 1. The molecule has 0 bridgehead atoms. The number of carbonyl (C=O) groups excluding carboxylic acids is 1. The molecule has 1 heterocycles. The van der Waals surface area contributed by atoms with Gasteiger partial charge in [-0.2, -0.15) is 0 Å². The number of hydrogen-bond donors (Lipinski definition) is 1. The van der Waals surface area contributed by atoms with E-state index in [1.165, 1.54) is 0 Å². The van der Waals surface area contributed by atoms with Gasteiger partial charge in [-0.1, -0.05) is 20.8 Å². The van der Waals surface area contributed by atoms with Crippen molar-refractivity contribution >= 4 is 11.6 Å². The normalized spacial score (nSPS) is 12.1. The zero-order valence-electron chi connectivity index (χ0n) is 17.0. The smallest absolute Gasteiger partial charge is 0.229 e. The number of aromatic nitrogens is 4. The Morgan fingerprint density at radius 1 is 0.963 bits per heavy atom. The van der Waals surface area contributed by atoms with Crippen molar-refractivity contribution in [3.63, 3.8) is 0 Å². The molecule has 27 heavy (non-hydrogen) atoms. The van der Waals surface area contributed by atoms with Gasteiger partial charge in [0, 0.05) is 29.7 Å². The molecule has 2 rings (SSSR count). The first-order valence-electron chi connectivity index (χ1n) is 9.17. The lowest BCUT2D eigenvalue weighted by molar-refractivity contribution is -0.123. The Labute approximate surface area is 161 Å². The molecule has 0 radical (unpaired) electrons. The van der Waals surface area contributed by atoms with Crippen LogP contribution in [-0.2, 0) is 16.0 Å². The van der Waals surface area contributed by atoms with Crippen LogP contribution in [0.3, 0.4) is 0 Å².